The lowest BCUT2D eigenvalue weighted by atomic mass is 9.96. The molecule has 0 spiro atoms. The van der Waals surface area contributed by atoms with Crippen LogP contribution in [0, 0.1) is 0 Å². The number of carbonyl (C=O) groups excluding carboxylic acids is 2. The van der Waals surface area contributed by atoms with E-state index in [4.69, 9.17) is 4.74 Å². The van der Waals surface area contributed by atoms with Crippen molar-refractivity contribution in [1.82, 2.24) is 0 Å². The van der Waals surface area contributed by atoms with Gasteiger partial charge in [0.1, 0.15) is 5.75 Å². The molecule has 1 rings (SSSR count). The molecule has 0 aromatic heterocycles. The second-order valence-corrected chi connectivity index (χ2v) is 3.55. The smallest absolute Gasteiger partial charge is 0.351 e. The molecule has 0 unspecified atom stereocenters. The number of esters is 1. The Kier molecular flexibility index (Phi) is 3.83. The number of Topliss-reactive ketones (excluding diaryl/α,β-unsaturated/α-hetero) is 1. The molecule has 92 valence electrons. The highest BCUT2D eigenvalue weighted by Crippen LogP contribution is 2.21. The van der Waals surface area contributed by atoms with Crippen LogP contribution >= 0.6 is 0 Å². The minimum absolute atomic E-state index is 0.0844. The molecule has 5 heteroatoms. The van der Waals surface area contributed by atoms with E-state index in [-0.39, 0.29) is 5.56 Å². The molecule has 4 nitrogen and oxygen atoms in total. The normalized spacial score (nSPS) is 13.6. The third kappa shape index (κ3) is 2.61. The number of alkyl halides is 1. The van der Waals surface area contributed by atoms with Crippen molar-refractivity contribution >= 4 is 11.8 Å². The van der Waals surface area contributed by atoms with Crippen molar-refractivity contribution in [2.75, 3.05) is 14.2 Å². The molecule has 1 aromatic rings. The van der Waals surface area contributed by atoms with E-state index in [0.29, 0.717) is 5.75 Å². The van der Waals surface area contributed by atoms with Gasteiger partial charge < -0.3 is 9.47 Å². The number of hydrogen-bond acceptors (Lipinski definition) is 4. The van der Waals surface area contributed by atoms with Gasteiger partial charge in [-0.3, -0.25) is 4.79 Å². The van der Waals surface area contributed by atoms with Crippen molar-refractivity contribution in [3.05, 3.63) is 29.8 Å². The highest BCUT2D eigenvalue weighted by molar-refractivity contribution is 6.14. The van der Waals surface area contributed by atoms with Gasteiger partial charge >= 0.3 is 5.97 Å². The number of ether oxygens (including phenoxy) is 2. The summed E-state index contributed by atoms with van der Waals surface area (Å²) in [6.45, 7) is 0.880. The van der Waals surface area contributed by atoms with Crippen LogP contribution in [-0.2, 0) is 9.53 Å². The fourth-order valence-electron chi connectivity index (χ4n) is 1.30. The number of carbonyl (C=O) groups is 2. The lowest BCUT2D eigenvalue weighted by molar-refractivity contribution is -0.150. The Morgan fingerprint density at radius 2 is 1.71 bits per heavy atom. The van der Waals surface area contributed by atoms with Crippen LogP contribution in [0.15, 0.2) is 24.3 Å². The van der Waals surface area contributed by atoms with Gasteiger partial charge in [0, 0.05) is 5.56 Å². The van der Waals surface area contributed by atoms with Crippen LogP contribution in [0.3, 0.4) is 0 Å². The van der Waals surface area contributed by atoms with Crippen molar-refractivity contribution in [3.63, 3.8) is 0 Å². The standard InChI is InChI=1S/C12H13FO4/c1-12(13,11(15)17-3)10(14)8-4-6-9(16-2)7-5-8/h4-7H,1-3H3/t12-/m0/s1. The van der Waals surface area contributed by atoms with Gasteiger partial charge in [0.15, 0.2) is 0 Å². The molecule has 0 N–H and O–H groups in total. The first-order valence-electron chi connectivity index (χ1n) is 4.89. The Morgan fingerprint density at radius 1 is 1.18 bits per heavy atom. The lowest BCUT2D eigenvalue weighted by Crippen LogP contribution is -2.40. The monoisotopic (exact) mass is 240 g/mol. The molecular formula is C12H13FO4. The fraction of sp³-hybridized carbons (Fsp3) is 0.333. The van der Waals surface area contributed by atoms with Gasteiger partial charge in [0.05, 0.1) is 14.2 Å². The zero-order valence-electron chi connectivity index (χ0n) is 9.82. The maximum absolute atomic E-state index is 13.9. The van der Waals surface area contributed by atoms with E-state index in [1.165, 1.54) is 31.4 Å². The summed E-state index contributed by atoms with van der Waals surface area (Å²) in [6, 6.07) is 5.81. The number of benzene rings is 1. The Hall–Kier alpha value is -1.91. The van der Waals surface area contributed by atoms with Crippen molar-refractivity contribution in [2.45, 2.75) is 12.6 Å². The summed E-state index contributed by atoms with van der Waals surface area (Å²) in [5.41, 5.74) is -2.59. The van der Waals surface area contributed by atoms with Gasteiger partial charge in [-0.05, 0) is 31.2 Å². The molecule has 0 fully saturated rings. The largest absolute Gasteiger partial charge is 0.497 e. The van der Waals surface area contributed by atoms with Crippen molar-refractivity contribution in [2.24, 2.45) is 0 Å². The molecule has 0 amide bonds. The van der Waals surface area contributed by atoms with Crippen LogP contribution in [0.25, 0.3) is 0 Å². The summed E-state index contributed by atoms with van der Waals surface area (Å²) in [6.07, 6.45) is 0. The van der Waals surface area contributed by atoms with E-state index >= 15 is 0 Å². The van der Waals surface area contributed by atoms with Crippen LogP contribution in [-0.4, -0.2) is 31.6 Å². The topological polar surface area (TPSA) is 52.6 Å². The third-order valence-corrected chi connectivity index (χ3v) is 2.35. The maximum atomic E-state index is 13.9. The number of halogens is 1. The van der Waals surface area contributed by atoms with E-state index in [9.17, 15) is 14.0 Å². The lowest BCUT2D eigenvalue weighted by Gasteiger charge is -2.15. The Morgan fingerprint density at radius 3 is 2.12 bits per heavy atom. The molecule has 0 heterocycles. The molecular weight excluding hydrogens is 227 g/mol. The Balaban J connectivity index is 2.99. The number of hydrogen-bond donors (Lipinski definition) is 0. The van der Waals surface area contributed by atoms with Crippen LogP contribution < -0.4 is 4.74 Å². The average molecular weight is 240 g/mol. The predicted octanol–water partition coefficient (Wildman–Crippen LogP) is 1.78. The van der Waals surface area contributed by atoms with E-state index in [0.717, 1.165) is 14.0 Å². The molecule has 0 aliphatic carbocycles. The number of rotatable bonds is 4. The van der Waals surface area contributed by atoms with Crippen LogP contribution in [0.4, 0.5) is 4.39 Å². The number of methoxy groups -OCH3 is 2. The molecule has 0 saturated carbocycles. The van der Waals surface area contributed by atoms with Crippen molar-refractivity contribution in [3.8, 4) is 5.75 Å². The Labute approximate surface area is 98.3 Å². The molecule has 0 saturated heterocycles. The molecule has 1 atom stereocenters. The van der Waals surface area contributed by atoms with Gasteiger partial charge in [-0.2, -0.15) is 0 Å². The minimum atomic E-state index is -2.68. The third-order valence-electron chi connectivity index (χ3n) is 2.35. The summed E-state index contributed by atoms with van der Waals surface area (Å²) in [5, 5.41) is 0. The second-order valence-electron chi connectivity index (χ2n) is 3.55. The first kappa shape index (κ1) is 13.2. The van der Waals surface area contributed by atoms with E-state index in [1.807, 2.05) is 0 Å². The first-order valence-corrected chi connectivity index (χ1v) is 4.89. The molecule has 17 heavy (non-hydrogen) atoms. The van der Waals surface area contributed by atoms with Gasteiger partial charge in [0.2, 0.25) is 5.78 Å². The Bertz CT molecular complexity index is 423. The van der Waals surface area contributed by atoms with E-state index in [2.05, 4.69) is 4.74 Å². The van der Waals surface area contributed by atoms with Gasteiger partial charge in [0.25, 0.3) is 5.67 Å². The average Bonchev–Trinajstić information content (AvgIpc) is 2.36. The van der Waals surface area contributed by atoms with Gasteiger partial charge in [-0.1, -0.05) is 0 Å². The molecule has 0 radical (unpaired) electrons. The number of ketones is 1. The van der Waals surface area contributed by atoms with Crippen molar-refractivity contribution < 1.29 is 23.5 Å². The van der Waals surface area contributed by atoms with E-state index < -0.39 is 17.4 Å². The van der Waals surface area contributed by atoms with E-state index in [1.54, 1.807) is 0 Å². The van der Waals surface area contributed by atoms with Crippen LogP contribution in [0.2, 0.25) is 0 Å². The van der Waals surface area contributed by atoms with Crippen molar-refractivity contribution in [1.29, 1.82) is 0 Å². The van der Waals surface area contributed by atoms with Crippen LogP contribution in [0.1, 0.15) is 17.3 Å². The summed E-state index contributed by atoms with van der Waals surface area (Å²) < 4.78 is 23.0. The highest BCUT2D eigenvalue weighted by Gasteiger charge is 2.43. The van der Waals surface area contributed by atoms with Gasteiger partial charge in [-0.25, -0.2) is 9.18 Å². The highest BCUT2D eigenvalue weighted by atomic mass is 19.1. The quantitative estimate of drug-likeness (QED) is 0.457. The molecule has 0 aliphatic heterocycles. The summed E-state index contributed by atoms with van der Waals surface area (Å²) >= 11 is 0. The predicted molar refractivity (Wildman–Crippen MR) is 58.9 cm³/mol. The second kappa shape index (κ2) is 4.95. The fourth-order valence-corrected chi connectivity index (χ4v) is 1.30. The summed E-state index contributed by atoms with van der Waals surface area (Å²) in [4.78, 5) is 22.9. The zero-order valence-corrected chi connectivity index (χ0v) is 9.82. The molecule has 1 aromatic carbocycles. The van der Waals surface area contributed by atoms with Gasteiger partial charge in [-0.15, -0.1) is 0 Å². The summed E-state index contributed by atoms with van der Waals surface area (Å²) in [7, 11) is 2.51. The maximum Gasteiger partial charge on any atom is 0.351 e. The summed E-state index contributed by atoms with van der Waals surface area (Å²) in [5.74, 6) is -1.61. The zero-order chi connectivity index (χ0) is 13.1. The SMILES string of the molecule is COC(=O)[C@@](C)(F)C(=O)c1ccc(OC)cc1. The minimum Gasteiger partial charge on any atom is -0.497 e. The first-order chi connectivity index (χ1) is 7.93. The molecule has 0 bridgehead atoms. The van der Waals surface area contributed by atoms with Crippen LogP contribution in [0.5, 0.6) is 5.75 Å². The molecule has 0 aliphatic rings.